The molecule has 2 atom stereocenters. The molecule has 10 nitrogen and oxygen atoms in total. The Morgan fingerprint density at radius 2 is 1.61 bits per heavy atom. The van der Waals surface area contributed by atoms with Gasteiger partial charge < -0.3 is 25.2 Å². The van der Waals surface area contributed by atoms with Crippen LogP contribution in [0, 0.1) is 11.8 Å². The molecule has 1 saturated heterocycles. The molecular weight excluding hydrogens is 632 g/mol. The zero-order valence-electron chi connectivity index (χ0n) is 29.0. The normalized spacial score (nSPS) is 17.4. The lowest BCUT2D eigenvalue weighted by Crippen LogP contribution is -2.54. The summed E-state index contributed by atoms with van der Waals surface area (Å²) in [5.74, 6) is -5.84. The summed E-state index contributed by atoms with van der Waals surface area (Å²) < 4.78 is 35.1. The zero-order chi connectivity index (χ0) is 35.4. The van der Waals surface area contributed by atoms with Crippen LogP contribution in [0.5, 0.6) is 5.88 Å². The number of ketones is 1. The fourth-order valence-corrected chi connectivity index (χ4v) is 6.68. The van der Waals surface area contributed by atoms with E-state index in [0.29, 0.717) is 19.5 Å². The van der Waals surface area contributed by atoms with Gasteiger partial charge in [-0.3, -0.25) is 19.2 Å². The van der Waals surface area contributed by atoms with Crippen molar-refractivity contribution in [2.75, 3.05) is 40.3 Å². The number of aromatic nitrogens is 1. The van der Waals surface area contributed by atoms with E-state index in [4.69, 9.17) is 4.74 Å². The second kappa shape index (κ2) is 18.2. The van der Waals surface area contributed by atoms with Gasteiger partial charge in [0.25, 0.3) is 0 Å². The maximum Gasteiger partial charge on any atom is 0.331 e. The maximum atomic E-state index is 15.1. The second-order valence-electron chi connectivity index (χ2n) is 13.3. The average molecular weight is 684 g/mol. The van der Waals surface area contributed by atoms with E-state index in [1.54, 1.807) is 11.8 Å². The van der Waals surface area contributed by atoms with Crippen molar-refractivity contribution in [3.63, 3.8) is 0 Å². The van der Waals surface area contributed by atoms with Crippen molar-refractivity contribution in [2.45, 2.75) is 89.6 Å². The summed E-state index contributed by atoms with van der Waals surface area (Å²) in [5, 5.41) is 5.89. The van der Waals surface area contributed by atoms with E-state index < -0.39 is 35.6 Å². The number of carbonyl (C=O) groups excluding carboxylic acids is 4. The Bertz CT molecular complexity index is 1390. The van der Waals surface area contributed by atoms with Crippen LogP contribution in [0.3, 0.4) is 0 Å². The lowest BCUT2D eigenvalue weighted by atomic mass is 9.81. The number of piperazine rings is 1. The SMILES string of the molecule is CCC(=O)N[C@H](Cc1ccc(CNC(=O)[C@@H](CCC(=O)C(F)(F)c2ccc(OC)nc2)C2CCCCCC2)cc1)C(=O)N1CCN(C)CC1. The first-order chi connectivity index (χ1) is 23.5. The van der Waals surface area contributed by atoms with E-state index in [1.165, 1.54) is 13.2 Å². The van der Waals surface area contributed by atoms with Crippen molar-refractivity contribution in [3.8, 4) is 5.88 Å². The molecule has 3 amide bonds. The number of nitrogens with one attached hydrogen (secondary N) is 2. The van der Waals surface area contributed by atoms with Crippen LogP contribution < -0.4 is 15.4 Å². The van der Waals surface area contributed by atoms with Gasteiger partial charge in [-0.25, -0.2) is 4.98 Å². The van der Waals surface area contributed by atoms with Gasteiger partial charge in [-0.2, -0.15) is 8.78 Å². The minimum Gasteiger partial charge on any atom is -0.481 e. The Kier molecular flexibility index (Phi) is 14.0. The van der Waals surface area contributed by atoms with Crippen LogP contribution in [0.2, 0.25) is 0 Å². The number of carbonyl (C=O) groups is 4. The molecule has 0 bridgehead atoms. The van der Waals surface area contributed by atoms with Gasteiger partial charge in [0.05, 0.1) is 7.11 Å². The topological polar surface area (TPSA) is 121 Å². The highest BCUT2D eigenvalue weighted by atomic mass is 19.3. The molecule has 2 N–H and O–H groups in total. The third-order valence-electron chi connectivity index (χ3n) is 9.85. The number of hydrogen-bond donors (Lipinski definition) is 2. The molecule has 268 valence electrons. The monoisotopic (exact) mass is 683 g/mol. The maximum absolute atomic E-state index is 15.1. The van der Waals surface area contributed by atoms with Crippen LogP contribution in [-0.4, -0.2) is 84.7 Å². The molecule has 2 aromatic rings. The van der Waals surface area contributed by atoms with Gasteiger partial charge in [-0.05, 0) is 49.4 Å². The molecule has 1 aromatic carbocycles. The van der Waals surface area contributed by atoms with E-state index in [9.17, 15) is 19.2 Å². The van der Waals surface area contributed by atoms with Gasteiger partial charge in [0, 0.05) is 75.7 Å². The molecule has 2 heterocycles. The zero-order valence-corrected chi connectivity index (χ0v) is 29.0. The van der Waals surface area contributed by atoms with Crippen molar-refractivity contribution in [1.82, 2.24) is 25.4 Å². The van der Waals surface area contributed by atoms with Crippen molar-refractivity contribution in [2.24, 2.45) is 11.8 Å². The number of halogens is 2. The van der Waals surface area contributed by atoms with Crippen LogP contribution in [-0.2, 0) is 38.1 Å². The summed E-state index contributed by atoms with van der Waals surface area (Å²) in [4.78, 5) is 59.8. The summed E-state index contributed by atoms with van der Waals surface area (Å²) in [6.45, 7) is 4.79. The predicted octanol–water partition coefficient (Wildman–Crippen LogP) is 4.65. The van der Waals surface area contributed by atoms with Crippen LogP contribution in [0.1, 0.15) is 81.4 Å². The molecule has 2 aliphatic rings. The molecule has 4 rings (SSSR count). The number of amides is 3. The van der Waals surface area contributed by atoms with Crippen molar-refractivity contribution in [3.05, 3.63) is 59.3 Å². The number of benzene rings is 1. The number of methoxy groups -OCH3 is 1. The van der Waals surface area contributed by atoms with Gasteiger partial charge in [-0.1, -0.05) is 56.9 Å². The van der Waals surface area contributed by atoms with Crippen molar-refractivity contribution >= 4 is 23.5 Å². The van der Waals surface area contributed by atoms with Gasteiger partial charge in [0.1, 0.15) is 6.04 Å². The Labute approximate surface area is 288 Å². The van der Waals surface area contributed by atoms with E-state index in [1.807, 2.05) is 31.3 Å². The Morgan fingerprint density at radius 3 is 2.20 bits per heavy atom. The number of ether oxygens (including phenoxy) is 1. The minimum absolute atomic E-state index is 0.0158. The highest BCUT2D eigenvalue weighted by molar-refractivity contribution is 5.88. The molecule has 1 aromatic heterocycles. The predicted molar refractivity (Wildman–Crippen MR) is 182 cm³/mol. The number of pyridine rings is 1. The molecule has 1 aliphatic carbocycles. The molecule has 49 heavy (non-hydrogen) atoms. The number of Topliss-reactive ketones (excluding diaryl/α,β-unsaturated/α-hetero) is 1. The second-order valence-corrected chi connectivity index (χ2v) is 13.3. The Hall–Kier alpha value is -3.93. The fourth-order valence-electron chi connectivity index (χ4n) is 6.68. The largest absolute Gasteiger partial charge is 0.481 e. The van der Waals surface area contributed by atoms with E-state index >= 15 is 8.78 Å². The van der Waals surface area contributed by atoms with Crippen molar-refractivity contribution in [1.29, 1.82) is 0 Å². The summed E-state index contributed by atoms with van der Waals surface area (Å²) in [6.07, 6.45) is 6.91. The van der Waals surface area contributed by atoms with Gasteiger partial charge in [0.2, 0.25) is 29.4 Å². The first-order valence-corrected chi connectivity index (χ1v) is 17.6. The minimum atomic E-state index is -3.72. The summed E-state index contributed by atoms with van der Waals surface area (Å²) >= 11 is 0. The summed E-state index contributed by atoms with van der Waals surface area (Å²) in [5.41, 5.74) is 1.22. The van der Waals surface area contributed by atoms with E-state index in [-0.39, 0.29) is 48.9 Å². The highest BCUT2D eigenvalue weighted by Crippen LogP contribution is 2.35. The number of nitrogens with zero attached hydrogens (tertiary/aromatic N) is 3. The summed E-state index contributed by atoms with van der Waals surface area (Å²) in [7, 11) is 3.40. The molecule has 0 spiro atoms. The van der Waals surface area contributed by atoms with Crippen LogP contribution in [0.15, 0.2) is 42.6 Å². The third-order valence-corrected chi connectivity index (χ3v) is 9.85. The first kappa shape index (κ1) is 37.9. The molecule has 1 saturated carbocycles. The number of rotatable bonds is 15. The van der Waals surface area contributed by atoms with Crippen molar-refractivity contribution < 1.29 is 32.7 Å². The lowest BCUT2D eigenvalue weighted by molar-refractivity contribution is -0.145. The van der Waals surface area contributed by atoms with Crippen LogP contribution in [0.25, 0.3) is 0 Å². The smallest absolute Gasteiger partial charge is 0.331 e. The Balaban J connectivity index is 1.38. The van der Waals surface area contributed by atoms with Crippen LogP contribution >= 0.6 is 0 Å². The van der Waals surface area contributed by atoms with E-state index in [0.717, 1.165) is 75.0 Å². The highest BCUT2D eigenvalue weighted by Gasteiger charge is 2.41. The van der Waals surface area contributed by atoms with Gasteiger partial charge in [-0.15, -0.1) is 0 Å². The van der Waals surface area contributed by atoms with Gasteiger partial charge in [0.15, 0.2) is 0 Å². The standard InChI is InChI=1S/C37H51F2N5O5/c1-4-33(46)42-31(36(48)44-21-19-43(2)20-22-44)23-26-11-13-27(14-12-26)24-41-35(47)30(28-9-7-5-6-8-10-28)16-17-32(45)37(38,39)29-15-18-34(49-3)40-25-29/h11-15,18,25,28,30-31H,4-10,16-17,19-24H2,1-3H3,(H,41,47)(H,42,46)/t30-,31+/m0/s1. The molecule has 0 unspecified atom stereocenters. The lowest BCUT2D eigenvalue weighted by Gasteiger charge is -2.34. The summed E-state index contributed by atoms with van der Waals surface area (Å²) in [6, 6.07) is 9.30. The van der Waals surface area contributed by atoms with E-state index in [2.05, 4.69) is 20.5 Å². The third kappa shape index (κ3) is 10.8. The van der Waals surface area contributed by atoms with Gasteiger partial charge >= 0.3 is 5.92 Å². The molecule has 0 radical (unpaired) electrons. The Morgan fingerprint density at radius 1 is 0.959 bits per heavy atom. The molecular formula is C37H51F2N5O5. The quantitative estimate of drug-likeness (QED) is 0.263. The van der Waals surface area contributed by atoms with Crippen LogP contribution in [0.4, 0.5) is 8.78 Å². The average Bonchev–Trinajstić information content (AvgIpc) is 3.40. The fraction of sp³-hybridized carbons (Fsp3) is 0.595. The first-order valence-electron chi connectivity index (χ1n) is 17.6. The number of hydrogen-bond acceptors (Lipinski definition) is 7. The molecule has 12 heteroatoms. The number of likely N-dealkylation sites (N-methyl/N-ethyl adjacent to an activating group) is 1. The number of alkyl halides is 2. The molecule has 2 fully saturated rings. The molecule has 1 aliphatic heterocycles.